The molecule has 0 aromatic carbocycles. The molecule has 0 radical (unpaired) electrons. The van der Waals surface area contributed by atoms with Crippen LogP contribution in [0.1, 0.15) is 66.2 Å². The molecule has 0 N–H and O–H groups in total. The molecule has 0 aromatic heterocycles. The normalized spacial score (nSPS) is 16.9. The van der Waals surface area contributed by atoms with E-state index in [1.807, 2.05) is 0 Å². The topological polar surface area (TPSA) is 9.23 Å². The van der Waals surface area contributed by atoms with E-state index in [4.69, 9.17) is 4.43 Å². The first-order valence-electron chi connectivity index (χ1n) is 8.93. The average molecular weight is 331 g/mol. The van der Waals surface area contributed by atoms with E-state index in [0.29, 0.717) is 5.04 Å². The van der Waals surface area contributed by atoms with Crippen LogP contribution in [0.4, 0.5) is 0 Å². The first kappa shape index (κ1) is 21.4. The van der Waals surface area contributed by atoms with Crippen LogP contribution in [0, 0.1) is 0 Å². The first-order chi connectivity index (χ1) is 9.22. The van der Waals surface area contributed by atoms with Crippen LogP contribution in [0.5, 0.6) is 0 Å². The highest BCUT2D eigenvalue weighted by Crippen LogP contribution is 2.44. The second-order valence-corrected chi connectivity index (χ2v) is 20.0. The Morgan fingerprint density at radius 2 is 1.29 bits per heavy atom. The van der Waals surface area contributed by atoms with E-state index in [2.05, 4.69) is 67.0 Å². The largest absolute Gasteiger partial charge is 0.412 e. The molecule has 0 amide bonds. The monoisotopic (exact) mass is 330 g/mol. The highest BCUT2D eigenvalue weighted by molar-refractivity contribution is 6.79. The smallest absolute Gasteiger partial charge is 0.184 e. The van der Waals surface area contributed by atoms with Gasteiger partial charge in [-0.25, -0.2) is 0 Å². The lowest BCUT2D eigenvalue weighted by atomic mass is 9.90. The molecular weight excluding hydrogens is 288 g/mol. The van der Waals surface area contributed by atoms with Gasteiger partial charge in [0.15, 0.2) is 8.32 Å². The van der Waals surface area contributed by atoms with Crippen molar-refractivity contribution in [1.29, 1.82) is 0 Å². The summed E-state index contributed by atoms with van der Waals surface area (Å²) in [4.78, 5) is 0. The third kappa shape index (κ3) is 8.56. The van der Waals surface area contributed by atoms with Gasteiger partial charge in [-0.1, -0.05) is 59.7 Å². The van der Waals surface area contributed by atoms with Crippen molar-refractivity contribution in [3.8, 4) is 0 Å². The van der Waals surface area contributed by atoms with Gasteiger partial charge < -0.3 is 4.43 Å². The van der Waals surface area contributed by atoms with Crippen LogP contribution in [0.25, 0.3) is 0 Å². The van der Waals surface area contributed by atoms with Crippen LogP contribution in [-0.2, 0) is 4.43 Å². The van der Waals surface area contributed by atoms with Gasteiger partial charge in [-0.15, -0.1) is 0 Å². The van der Waals surface area contributed by atoms with Crippen molar-refractivity contribution in [2.75, 3.05) is 0 Å². The third-order valence-electron chi connectivity index (χ3n) is 5.17. The average Bonchev–Trinajstić information content (AvgIpc) is 2.23. The lowest BCUT2D eigenvalue weighted by molar-refractivity contribution is 0.0537. The third-order valence-corrected chi connectivity index (χ3v) is 10.6. The van der Waals surface area contributed by atoms with Gasteiger partial charge in [-0.3, -0.25) is 0 Å². The van der Waals surface area contributed by atoms with Gasteiger partial charge in [0.25, 0.3) is 0 Å². The Morgan fingerprint density at radius 3 is 1.67 bits per heavy atom. The number of unbranched alkanes of at least 4 members (excludes halogenated alkanes) is 2. The molecule has 0 heterocycles. The second-order valence-electron chi connectivity index (χ2n) is 9.76. The Balaban J connectivity index is 4.82. The fourth-order valence-electron chi connectivity index (χ4n) is 2.67. The zero-order valence-electron chi connectivity index (χ0n) is 16.7. The Kier molecular flexibility index (Phi) is 7.93. The summed E-state index contributed by atoms with van der Waals surface area (Å²) in [5, 5.41) is 0.488. The minimum Gasteiger partial charge on any atom is -0.412 e. The van der Waals surface area contributed by atoms with Crippen LogP contribution in [0.3, 0.4) is 0 Å². The molecule has 1 nitrogen and oxygen atoms in total. The molecule has 0 aliphatic carbocycles. The molecule has 128 valence electrons. The fraction of sp³-hybridized carbons (Fsp3) is 1.00. The molecule has 0 rings (SSSR count). The highest BCUT2D eigenvalue weighted by atomic mass is 28.4. The molecule has 0 saturated carbocycles. The van der Waals surface area contributed by atoms with Crippen molar-refractivity contribution < 1.29 is 4.43 Å². The van der Waals surface area contributed by atoms with Gasteiger partial charge >= 0.3 is 0 Å². The van der Waals surface area contributed by atoms with E-state index >= 15 is 0 Å². The van der Waals surface area contributed by atoms with Gasteiger partial charge in [0.05, 0.1) is 5.60 Å². The summed E-state index contributed by atoms with van der Waals surface area (Å²) in [5.74, 6) is 0. The van der Waals surface area contributed by atoms with Crippen LogP contribution >= 0.6 is 0 Å². The zero-order chi connectivity index (χ0) is 16.9. The molecule has 1 unspecified atom stereocenters. The van der Waals surface area contributed by atoms with Gasteiger partial charge in [0.1, 0.15) is 0 Å². The molecule has 3 heteroatoms. The van der Waals surface area contributed by atoms with Gasteiger partial charge in [0, 0.05) is 8.07 Å². The Hall–Kier alpha value is 0.394. The minimum atomic E-state index is -1.48. The van der Waals surface area contributed by atoms with Crippen LogP contribution in [0.2, 0.25) is 44.3 Å². The molecule has 0 aliphatic heterocycles. The summed E-state index contributed by atoms with van der Waals surface area (Å²) in [7, 11) is -2.61. The molecule has 21 heavy (non-hydrogen) atoms. The minimum absolute atomic E-state index is 0.0938. The summed E-state index contributed by atoms with van der Waals surface area (Å²) in [6.07, 6.45) is 7.69. The summed E-state index contributed by atoms with van der Waals surface area (Å²) in [5.41, 5.74) is 0.0938. The van der Waals surface area contributed by atoms with Crippen molar-refractivity contribution in [3.05, 3.63) is 0 Å². The number of hydrogen-bond donors (Lipinski definition) is 0. The Labute approximate surface area is 137 Å². The van der Waals surface area contributed by atoms with E-state index < -0.39 is 16.4 Å². The SMILES string of the molecule is CCCCCC(C)(CCC(C)(C)[Si](C)(C)C)O[Si](C)(C)C. The van der Waals surface area contributed by atoms with E-state index in [1.54, 1.807) is 0 Å². The summed E-state index contributed by atoms with van der Waals surface area (Å²) in [6, 6.07) is 0. The number of hydrogen-bond acceptors (Lipinski definition) is 1. The molecule has 0 bridgehead atoms. The molecule has 0 fully saturated rings. The van der Waals surface area contributed by atoms with Crippen molar-refractivity contribution in [2.45, 2.75) is 116 Å². The standard InChI is InChI=1S/C18H42OSi2/c1-11-12-13-14-18(4,19-21(8,9)10)16-15-17(2,3)20(5,6)7/h11-16H2,1-10H3. The second kappa shape index (κ2) is 7.78. The quantitative estimate of drug-likeness (QED) is 0.307. The van der Waals surface area contributed by atoms with Crippen LogP contribution in [-0.4, -0.2) is 22.0 Å². The Morgan fingerprint density at radius 1 is 0.762 bits per heavy atom. The predicted octanol–water partition coefficient (Wildman–Crippen LogP) is 7.08. The molecule has 0 aliphatic rings. The maximum atomic E-state index is 6.63. The lowest BCUT2D eigenvalue weighted by Gasteiger charge is -2.42. The highest BCUT2D eigenvalue weighted by Gasteiger charge is 2.38. The first-order valence-corrected chi connectivity index (χ1v) is 15.8. The molecule has 0 saturated heterocycles. The fourth-order valence-corrected chi connectivity index (χ4v) is 5.22. The molecular formula is C18H42OSi2. The maximum Gasteiger partial charge on any atom is 0.184 e. The van der Waals surface area contributed by atoms with Crippen molar-refractivity contribution in [3.63, 3.8) is 0 Å². The summed E-state index contributed by atoms with van der Waals surface area (Å²) < 4.78 is 6.63. The summed E-state index contributed by atoms with van der Waals surface area (Å²) in [6.45, 7) is 24.1. The predicted molar refractivity (Wildman–Crippen MR) is 104 cm³/mol. The lowest BCUT2D eigenvalue weighted by Crippen LogP contribution is -2.43. The van der Waals surface area contributed by atoms with Crippen molar-refractivity contribution >= 4 is 16.4 Å². The van der Waals surface area contributed by atoms with Crippen LogP contribution < -0.4 is 0 Å². The van der Waals surface area contributed by atoms with Gasteiger partial charge in [-0.05, 0) is 50.9 Å². The Bertz CT molecular complexity index is 299. The van der Waals surface area contributed by atoms with E-state index in [1.165, 1.54) is 38.5 Å². The summed E-state index contributed by atoms with van der Waals surface area (Å²) >= 11 is 0. The van der Waals surface area contributed by atoms with Crippen LogP contribution in [0.15, 0.2) is 0 Å². The van der Waals surface area contributed by atoms with E-state index in [9.17, 15) is 0 Å². The van der Waals surface area contributed by atoms with Crippen molar-refractivity contribution in [1.82, 2.24) is 0 Å². The molecule has 1 atom stereocenters. The number of rotatable bonds is 10. The van der Waals surface area contributed by atoms with Gasteiger partial charge in [0.2, 0.25) is 0 Å². The van der Waals surface area contributed by atoms with Crippen molar-refractivity contribution in [2.24, 2.45) is 0 Å². The van der Waals surface area contributed by atoms with E-state index in [0.717, 1.165) is 0 Å². The van der Waals surface area contributed by atoms with Gasteiger partial charge in [-0.2, -0.15) is 0 Å². The maximum absolute atomic E-state index is 6.63. The molecule has 0 aromatic rings. The molecule has 0 spiro atoms. The zero-order valence-corrected chi connectivity index (χ0v) is 18.7. The van der Waals surface area contributed by atoms with E-state index in [-0.39, 0.29) is 5.60 Å².